The zero-order valence-corrected chi connectivity index (χ0v) is 20.6. The highest BCUT2D eigenvalue weighted by Crippen LogP contribution is 2.47. The Balaban J connectivity index is 1.37. The van der Waals surface area contributed by atoms with Crippen molar-refractivity contribution >= 4 is 40.3 Å². The Morgan fingerprint density at radius 2 is 1.84 bits per heavy atom. The molecular formula is C28H28N6O4. The van der Waals surface area contributed by atoms with Gasteiger partial charge >= 0.3 is 12.1 Å². The number of carboxylic acids is 1. The molecule has 194 valence electrons. The van der Waals surface area contributed by atoms with Crippen molar-refractivity contribution in [3.63, 3.8) is 0 Å². The van der Waals surface area contributed by atoms with Gasteiger partial charge in [-0.2, -0.15) is 0 Å². The van der Waals surface area contributed by atoms with E-state index in [1.165, 1.54) is 4.90 Å². The van der Waals surface area contributed by atoms with Gasteiger partial charge in [0.15, 0.2) is 0 Å². The molecule has 0 saturated heterocycles. The number of aromatic nitrogens is 2. The number of aliphatic carboxylic acids is 1. The van der Waals surface area contributed by atoms with Crippen molar-refractivity contribution in [1.29, 1.82) is 5.41 Å². The summed E-state index contributed by atoms with van der Waals surface area (Å²) in [5, 5.41) is 20.0. The van der Waals surface area contributed by atoms with E-state index in [0.29, 0.717) is 23.5 Å². The number of benzene rings is 3. The number of para-hydroxylation sites is 1. The van der Waals surface area contributed by atoms with Gasteiger partial charge < -0.3 is 25.9 Å². The number of carboxylic acid groups (broad SMARTS) is 1. The van der Waals surface area contributed by atoms with Crippen LogP contribution in [0.5, 0.6) is 5.75 Å². The standard InChI is InChI=1S/C28H28N6O4/c29-27(30)18-8-10-19(11-9-18)31-16-23-32-21-12-13-22(25(17-6-7-17)26(21)33-23)38-28(37)34(15-14-24(35)36)20-4-2-1-3-5-20/h1-5,8-13,17,31H,6-7,14-16H2,(H3,29,30)(H,32,33)(H,35,36). The van der Waals surface area contributed by atoms with Crippen LogP contribution in [0.25, 0.3) is 11.0 Å². The number of anilines is 2. The Morgan fingerprint density at radius 1 is 1.11 bits per heavy atom. The first-order chi connectivity index (χ1) is 18.4. The lowest BCUT2D eigenvalue weighted by Crippen LogP contribution is -2.35. The lowest BCUT2D eigenvalue weighted by molar-refractivity contribution is -0.136. The van der Waals surface area contributed by atoms with Crippen molar-refractivity contribution in [2.45, 2.75) is 31.7 Å². The molecule has 10 heteroatoms. The summed E-state index contributed by atoms with van der Waals surface area (Å²) in [6.07, 6.45) is 1.12. The maximum absolute atomic E-state index is 13.2. The number of nitrogens with one attached hydrogen (secondary N) is 3. The van der Waals surface area contributed by atoms with E-state index in [1.54, 1.807) is 42.5 Å². The van der Waals surface area contributed by atoms with Gasteiger partial charge in [-0.15, -0.1) is 0 Å². The number of fused-ring (bicyclic) bond motifs is 1. The predicted molar refractivity (Wildman–Crippen MR) is 145 cm³/mol. The summed E-state index contributed by atoms with van der Waals surface area (Å²) in [5.41, 5.74) is 10.1. The van der Waals surface area contributed by atoms with E-state index in [4.69, 9.17) is 26.0 Å². The Bertz CT molecular complexity index is 1480. The average Bonchev–Trinajstić information content (AvgIpc) is 3.66. The molecule has 0 atom stereocenters. The number of hydrogen-bond acceptors (Lipinski definition) is 6. The van der Waals surface area contributed by atoms with Crippen molar-refractivity contribution in [2.75, 3.05) is 16.8 Å². The van der Waals surface area contributed by atoms with Crippen LogP contribution >= 0.6 is 0 Å². The highest BCUT2D eigenvalue weighted by atomic mass is 16.6. The lowest BCUT2D eigenvalue weighted by atomic mass is 10.1. The van der Waals surface area contributed by atoms with Crippen LogP contribution in [0.3, 0.4) is 0 Å². The first kappa shape index (κ1) is 24.8. The SMILES string of the molecule is N=C(N)c1ccc(NCc2nc3c(C4CC4)c(OC(=O)N(CCC(=O)O)c4ccccc4)ccc3[nH]2)cc1. The van der Waals surface area contributed by atoms with E-state index in [2.05, 4.69) is 10.3 Å². The fourth-order valence-electron chi connectivity index (χ4n) is 4.31. The molecule has 0 radical (unpaired) electrons. The smallest absolute Gasteiger partial charge is 0.419 e. The molecule has 4 aromatic rings. The summed E-state index contributed by atoms with van der Waals surface area (Å²) in [7, 11) is 0. The molecule has 6 N–H and O–H groups in total. The van der Waals surface area contributed by atoms with Crippen LogP contribution in [-0.2, 0) is 11.3 Å². The monoisotopic (exact) mass is 512 g/mol. The number of nitrogens with zero attached hydrogens (tertiary/aromatic N) is 2. The number of ether oxygens (including phenoxy) is 1. The molecule has 10 nitrogen and oxygen atoms in total. The summed E-state index contributed by atoms with van der Waals surface area (Å²) < 4.78 is 5.87. The van der Waals surface area contributed by atoms with Gasteiger partial charge in [-0.25, -0.2) is 9.78 Å². The van der Waals surface area contributed by atoms with E-state index < -0.39 is 12.1 Å². The molecule has 0 spiro atoms. The number of hydrogen-bond donors (Lipinski definition) is 5. The maximum atomic E-state index is 13.2. The van der Waals surface area contributed by atoms with E-state index in [-0.39, 0.29) is 24.7 Å². The first-order valence-electron chi connectivity index (χ1n) is 12.3. The fourth-order valence-corrected chi connectivity index (χ4v) is 4.31. The largest absolute Gasteiger partial charge is 0.481 e. The Morgan fingerprint density at radius 3 is 2.50 bits per heavy atom. The van der Waals surface area contributed by atoms with Gasteiger partial charge in [-0.3, -0.25) is 15.1 Å². The molecule has 0 unspecified atom stereocenters. The highest BCUT2D eigenvalue weighted by molar-refractivity contribution is 5.95. The summed E-state index contributed by atoms with van der Waals surface area (Å²) in [6, 6.07) is 19.8. The number of aromatic amines is 1. The van der Waals surface area contributed by atoms with Crippen molar-refractivity contribution in [2.24, 2.45) is 5.73 Å². The molecule has 1 aliphatic carbocycles. The third-order valence-corrected chi connectivity index (χ3v) is 6.38. The van der Waals surface area contributed by atoms with Crippen LogP contribution in [0.15, 0.2) is 66.7 Å². The number of rotatable bonds is 10. The quantitative estimate of drug-likeness (QED) is 0.151. The second-order valence-corrected chi connectivity index (χ2v) is 9.17. The summed E-state index contributed by atoms with van der Waals surface area (Å²) in [4.78, 5) is 33.9. The highest BCUT2D eigenvalue weighted by Gasteiger charge is 2.32. The molecule has 1 saturated carbocycles. The Labute approximate surface area is 219 Å². The van der Waals surface area contributed by atoms with Crippen LogP contribution in [-0.4, -0.2) is 39.5 Å². The molecule has 1 heterocycles. The second kappa shape index (κ2) is 10.6. The summed E-state index contributed by atoms with van der Waals surface area (Å²) >= 11 is 0. The number of carbonyl (C=O) groups is 2. The van der Waals surface area contributed by atoms with E-state index in [9.17, 15) is 9.59 Å². The molecule has 0 bridgehead atoms. The van der Waals surface area contributed by atoms with Crippen molar-refractivity contribution in [3.05, 3.63) is 83.7 Å². The number of amides is 1. The van der Waals surface area contributed by atoms with Crippen LogP contribution in [0.4, 0.5) is 16.2 Å². The van der Waals surface area contributed by atoms with Gasteiger partial charge in [0, 0.05) is 29.0 Å². The molecule has 0 aliphatic heterocycles. The zero-order chi connectivity index (χ0) is 26.6. The number of H-pyrrole nitrogens is 1. The molecule has 1 fully saturated rings. The lowest BCUT2D eigenvalue weighted by Gasteiger charge is -2.22. The molecule has 1 aliphatic rings. The molecule has 3 aromatic carbocycles. The minimum atomic E-state index is -0.994. The van der Waals surface area contributed by atoms with Gasteiger partial charge in [0.1, 0.15) is 17.4 Å². The third-order valence-electron chi connectivity index (χ3n) is 6.38. The summed E-state index contributed by atoms with van der Waals surface area (Å²) in [6.45, 7) is 0.440. The number of imidazole rings is 1. The minimum Gasteiger partial charge on any atom is -0.481 e. The Hall–Kier alpha value is -4.86. The first-order valence-corrected chi connectivity index (χ1v) is 12.3. The molecular weight excluding hydrogens is 484 g/mol. The van der Waals surface area contributed by atoms with E-state index in [1.807, 2.05) is 24.3 Å². The predicted octanol–water partition coefficient (Wildman–Crippen LogP) is 4.82. The second-order valence-electron chi connectivity index (χ2n) is 9.17. The van der Waals surface area contributed by atoms with Crippen LogP contribution < -0.4 is 20.7 Å². The third kappa shape index (κ3) is 5.59. The number of amidine groups is 1. The van der Waals surface area contributed by atoms with Gasteiger partial charge in [-0.1, -0.05) is 18.2 Å². The van der Waals surface area contributed by atoms with Crippen LogP contribution in [0.1, 0.15) is 42.1 Å². The van der Waals surface area contributed by atoms with Gasteiger partial charge in [0.25, 0.3) is 0 Å². The van der Waals surface area contributed by atoms with Crippen LogP contribution in [0, 0.1) is 5.41 Å². The average molecular weight is 513 g/mol. The normalized spacial score (nSPS) is 12.7. The zero-order valence-electron chi connectivity index (χ0n) is 20.6. The van der Waals surface area contributed by atoms with E-state index >= 15 is 0 Å². The molecule has 5 rings (SSSR count). The molecule has 1 aromatic heterocycles. The van der Waals surface area contributed by atoms with Crippen LogP contribution in [0.2, 0.25) is 0 Å². The van der Waals surface area contributed by atoms with Crippen molar-refractivity contribution in [1.82, 2.24) is 9.97 Å². The minimum absolute atomic E-state index is 0.00912. The van der Waals surface area contributed by atoms with E-state index in [0.717, 1.165) is 41.0 Å². The summed E-state index contributed by atoms with van der Waals surface area (Å²) in [5.74, 6) is 0.437. The Kier molecular flexibility index (Phi) is 6.94. The number of nitrogens with two attached hydrogens (primary N) is 1. The number of carbonyl (C=O) groups excluding carboxylic acids is 1. The van der Waals surface area contributed by atoms with Crippen molar-refractivity contribution < 1.29 is 19.4 Å². The van der Waals surface area contributed by atoms with Crippen molar-refractivity contribution in [3.8, 4) is 5.75 Å². The van der Waals surface area contributed by atoms with Gasteiger partial charge in [0.2, 0.25) is 0 Å². The molecule has 38 heavy (non-hydrogen) atoms. The maximum Gasteiger partial charge on any atom is 0.419 e. The fraction of sp³-hybridized carbons (Fsp3) is 0.214. The number of nitrogen functional groups attached to an aromatic ring is 1. The van der Waals surface area contributed by atoms with Gasteiger partial charge in [0.05, 0.1) is 24.0 Å². The molecule has 1 amide bonds. The topological polar surface area (TPSA) is 157 Å². The van der Waals surface area contributed by atoms with Gasteiger partial charge in [-0.05, 0) is 67.3 Å².